The number of nitrogens with one attached hydrogen (secondary N) is 1. The largest absolute Gasteiger partial charge is 0.314 e. The van der Waals surface area contributed by atoms with Crippen LogP contribution in [0.1, 0.15) is 25.5 Å². The lowest BCUT2D eigenvalue weighted by Crippen LogP contribution is -2.30. The summed E-state index contributed by atoms with van der Waals surface area (Å²) in [6.45, 7) is 3.24. The highest BCUT2D eigenvalue weighted by molar-refractivity contribution is 7.98. The molecule has 0 saturated heterocycles. The van der Waals surface area contributed by atoms with Gasteiger partial charge in [-0.3, -0.25) is 4.68 Å². The molecule has 1 unspecified atom stereocenters. The molecule has 3 nitrogen and oxygen atoms in total. The Morgan fingerprint density at radius 2 is 2.31 bits per heavy atom. The highest BCUT2D eigenvalue weighted by atomic mass is 32.2. The zero-order valence-corrected chi connectivity index (χ0v) is 11.4. The monoisotopic (exact) mass is 241 g/mol. The molecule has 1 atom stereocenters. The van der Waals surface area contributed by atoms with E-state index < -0.39 is 0 Å². The number of aryl methyl sites for hydroxylation is 2. The fourth-order valence-corrected chi connectivity index (χ4v) is 2.39. The summed E-state index contributed by atoms with van der Waals surface area (Å²) in [5.74, 6) is 1.24. The van der Waals surface area contributed by atoms with Gasteiger partial charge in [-0.1, -0.05) is 6.92 Å². The Bertz CT molecular complexity index is 286. The average molecular weight is 241 g/mol. The molecule has 0 aliphatic heterocycles. The maximum absolute atomic E-state index is 4.19. The average Bonchev–Trinajstić information content (AvgIpc) is 2.68. The smallest absolute Gasteiger partial charge is 0.0492 e. The molecule has 0 amide bonds. The molecule has 0 aromatic carbocycles. The topological polar surface area (TPSA) is 29.9 Å². The Morgan fingerprint density at radius 3 is 2.88 bits per heavy atom. The van der Waals surface area contributed by atoms with Crippen molar-refractivity contribution < 1.29 is 0 Å². The lowest BCUT2D eigenvalue weighted by molar-refractivity contribution is 0.477. The number of nitrogens with zero attached hydrogens (tertiary/aromatic N) is 2. The molecule has 0 bridgehead atoms. The minimum Gasteiger partial charge on any atom is -0.314 e. The summed E-state index contributed by atoms with van der Waals surface area (Å²) in [5, 5.41) is 7.75. The van der Waals surface area contributed by atoms with Gasteiger partial charge in [0.2, 0.25) is 0 Å². The van der Waals surface area contributed by atoms with Crippen molar-refractivity contribution in [2.24, 2.45) is 7.05 Å². The van der Waals surface area contributed by atoms with E-state index in [9.17, 15) is 0 Å². The minimum atomic E-state index is 0.646. The molecule has 1 aromatic rings. The molecule has 0 aliphatic rings. The third-order valence-corrected chi connectivity index (χ3v) is 3.48. The van der Waals surface area contributed by atoms with Gasteiger partial charge in [-0.25, -0.2) is 0 Å². The second kappa shape index (κ2) is 7.74. The van der Waals surface area contributed by atoms with Gasteiger partial charge < -0.3 is 5.32 Å². The standard InChI is InChI=1S/C12H23N3S/c1-4-13-11(8-10-16-3)5-6-12-7-9-14-15(12)2/h7,9,11,13H,4-6,8,10H2,1-3H3. The maximum Gasteiger partial charge on any atom is 0.0492 e. The molecule has 0 saturated carbocycles. The lowest BCUT2D eigenvalue weighted by Gasteiger charge is -2.17. The summed E-state index contributed by atoms with van der Waals surface area (Å²) >= 11 is 1.92. The van der Waals surface area contributed by atoms with Gasteiger partial charge >= 0.3 is 0 Å². The van der Waals surface area contributed by atoms with Gasteiger partial charge in [0.05, 0.1) is 0 Å². The van der Waals surface area contributed by atoms with Crippen molar-refractivity contribution in [1.82, 2.24) is 15.1 Å². The zero-order valence-electron chi connectivity index (χ0n) is 10.6. The molecular formula is C12H23N3S. The fraction of sp³-hybridized carbons (Fsp3) is 0.750. The third-order valence-electron chi connectivity index (χ3n) is 2.83. The molecule has 0 radical (unpaired) electrons. The van der Waals surface area contributed by atoms with Crippen LogP contribution in [0.2, 0.25) is 0 Å². The second-order valence-electron chi connectivity index (χ2n) is 4.02. The van der Waals surface area contributed by atoms with Crippen molar-refractivity contribution in [2.45, 2.75) is 32.2 Å². The van der Waals surface area contributed by atoms with E-state index in [-0.39, 0.29) is 0 Å². The van der Waals surface area contributed by atoms with Gasteiger partial charge in [-0.2, -0.15) is 16.9 Å². The van der Waals surface area contributed by atoms with E-state index in [2.05, 4.69) is 29.7 Å². The first-order valence-electron chi connectivity index (χ1n) is 5.97. The maximum atomic E-state index is 4.19. The summed E-state index contributed by atoms with van der Waals surface area (Å²) in [5.41, 5.74) is 1.33. The molecular weight excluding hydrogens is 218 g/mol. The molecule has 0 aliphatic carbocycles. The number of hydrogen-bond acceptors (Lipinski definition) is 3. The van der Waals surface area contributed by atoms with Crippen LogP contribution >= 0.6 is 11.8 Å². The lowest BCUT2D eigenvalue weighted by atomic mass is 10.1. The normalized spacial score (nSPS) is 12.9. The molecule has 1 rings (SSSR count). The van der Waals surface area contributed by atoms with Crippen molar-refractivity contribution in [3.8, 4) is 0 Å². The van der Waals surface area contributed by atoms with Crippen LogP contribution < -0.4 is 5.32 Å². The Hall–Kier alpha value is -0.480. The second-order valence-corrected chi connectivity index (χ2v) is 5.01. The van der Waals surface area contributed by atoms with Gasteiger partial charge in [-0.15, -0.1) is 0 Å². The molecule has 92 valence electrons. The molecule has 1 N–H and O–H groups in total. The Balaban J connectivity index is 2.34. The molecule has 0 fully saturated rings. The summed E-state index contributed by atoms with van der Waals surface area (Å²) in [4.78, 5) is 0. The van der Waals surface area contributed by atoms with E-state index >= 15 is 0 Å². The van der Waals surface area contributed by atoms with Crippen LogP contribution in [0.25, 0.3) is 0 Å². The van der Waals surface area contributed by atoms with E-state index in [1.165, 1.54) is 24.3 Å². The van der Waals surface area contributed by atoms with Gasteiger partial charge in [0, 0.05) is 25.0 Å². The minimum absolute atomic E-state index is 0.646. The number of rotatable bonds is 8. The van der Waals surface area contributed by atoms with E-state index in [4.69, 9.17) is 0 Å². The SMILES string of the molecule is CCNC(CCSC)CCc1ccnn1C. The highest BCUT2D eigenvalue weighted by Gasteiger charge is 2.08. The Labute approximate surface area is 103 Å². The van der Waals surface area contributed by atoms with Crippen LogP contribution in [0.5, 0.6) is 0 Å². The van der Waals surface area contributed by atoms with Crippen LogP contribution in [0, 0.1) is 0 Å². The van der Waals surface area contributed by atoms with Crippen molar-refractivity contribution >= 4 is 11.8 Å². The summed E-state index contributed by atoms with van der Waals surface area (Å²) in [7, 11) is 2.01. The van der Waals surface area contributed by atoms with Crippen molar-refractivity contribution in [3.63, 3.8) is 0 Å². The summed E-state index contributed by atoms with van der Waals surface area (Å²) < 4.78 is 1.97. The van der Waals surface area contributed by atoms with Crippen LogP contribution in [0.4, 0.5) is 0 Å². The third kappa shape index (κ3) is 4.58. The summed E-state index contributed by atoms with van der Waals surface area (Å²) in [6.07, 6.45) is 7.62. The van der Waals surface area contributed by atoms with E-state index in [1.54, 1.807) is 0 Å². The van der Waals surface area contributed by atoms with Crippen molar-refractivity contribution in [2.75, 3.05) is 18.6 Å². The Kier molecular flexibility index (Phi) is 6.57. The van der Waals surface area contributed by atoms with Crippen molar-refractivity contribution in [3.05, 3.63) is 18.0 Å². The molecule has 16 heavy (non-hydrogen) atoms. The van der Waals surface area contributed by atoms with Crippen LogP contribution in [-0.2, 0) is 13.5 Å². The van der Waals surface area contributed by atoms with Gasteiger partial charge in [0.1, 0.15) is 0 Å². The van der Waals surface area contributed by atoms with Gasteiger partial charge in [-0.05, 0) is 43.9 Å². The number of thioether (sulfide) groups is 1. The van der Waals surface area contributed by atoms with Gasteiger partial charge in [0.25, 0.3) is 0 Å². The first-order valence-corrected chi connectivity index (χ1v) is 7.36. The first-order chi connectivity index (χ1) is 7.77. The fourth-order valence-electron chi connectivity index (χ4n) is 1.87. The van der Waals surface area contributed by atoms with Crippen LogP contribution in [0.3, 0.4) is 0 Å². The van der Waals surface area contributed by atoms with Gasteiger partial charge in [0.15, 0.2) is 0 Å². The quantitative estimate of drug-likeness (QED) is 0.756. The summed E-state index contributed by atoms with van der Waals surface area (Å²) in [6, 6.07) is 2.75. The Morgan fingerprint density at radius 1 is 1.50 bits per heavy atom. The first kappa shape index (κ1) is 13.6. The molecule has 1 heterocycles. The number of aromatic nitrogens is 2. The highest BCUT2D eigenvalue weighted by Crippen LogP contribution is 2.09. The molecule has 1 aromatic heterocycles. The molecule has 4 heteroatoms. The zero-order chi connectivity index (χ0) is 11.8. The van der Waals surface area contributed by atoms with Crippen LogP contribution in [-0.4, -0.2) is 34.4 Å². The van der Waals surface area contributed by atoms with E-state index in [1.807, 2.05) is 29.7 Å². The number of hydrogen-bond donors (Lipinski definition) is 1. The predicted molar refractivity (Wildman–Crippen MR) is 72.0 cm³/mol. The van der Waals surface area contributed by atoms with E-state index in [0.29, 0.717) is 6.04 Å². The van der Waals surface area contributed by atoms with Crippen molar-refractivity contribution in [1.29, 1.82) is 0 Å². The molecule has 0 spiro atoms. The van der Waals surface area contributed by atoms with E-state index in [0.717, 1.165) is 13.0 Å². The van der Waals surface area contributed by atoms with Crippen LogP contribution in [0.15, 0.2) is 12.3 Å². The predicted octanol–water partition coefficient (Wildman–Crippen LogP) is 2.08.